The van der Waals surface area contributed by atoms with Crippen LogP contribution in [0.1, 0.15) is 31.2 Å². The van der Waals surface area contributed by atoms with Crippen molar-refractivity contribution in [1.82, 2.24) is 15.2 Å². The number of nitrogens with zero attached hydrogens (tertiary/aromatic N) is 3. The Labute approximate surface area is 93.2 Å². The molecule has 4 heteroatoms. The van der Waals surface area contributed by atoms with E-state index in [0.29, 0.717) is 5.92 Å². The van der Waals surface area contributed by atoms with Gasteiger partial charge in [0.1, 0.15) is 10.7 Å². The first-order valence-corrected chi connectivity index (χ1v) is 5.87. The van der Waals surface area contributed by atoms with E-state index in [1.165, 1.54) is 0 Å². The van der Waals surface area contributed by atoms with Gasteiger partial charge in [-0.1, -0.05) is 31.3 Å². The van der Waals surface area contributed by atoms with E-state index in [4.69, 9.17) is 0 Å². The molecule has 0 saturated heterocycles. The molecule has 2 heterocycles. The first kappa shape index (κ1) is 10.2. The summed E-state index contributed by atoms with van der Waals surface area (Å²) in [6.07, 6.45) is 2.87. The maximum atomic E-state index is 4.26. The molecule has 0 radical (unpaired) electrons. The third kappa shape index (κ3) is 2.21. The first-order valence-electron chi connectivity index (χ1n) is 5.06. The van der Waals surface area contributed by atoms with Gasteiger partial charge < -0.3 is 0 Å². The quantitative estimate of drug-likeness (QED) is 0.796. The van der Waals surface area contributed by atoms with E-state index in [1.54, 1.807) is 17.5 Å². The molecular weight excluding hydrogens is 206 g/mol. The highest BCUT2D eigenvalue weighted by molar-refractivity contribution is 7.14. The van der Waals surface area contributed by atoms with E-state index in [0.717, 1.165) is 22.1 Å². The Hall–Kier alpha value is -1.29. The molecule has 0 spiro atoms. The second kappa shape index (κ2) is 4.49. The summed E-state index contributed by atoms with van der Waals surface area (Å²) >= 11 is 1.63. The van der Waals surface area contributed by atoms with Gasteiger partial charge in [0.15, 0.2) is 5.01 Å². The van der Waals surface area contributed by atoms with Crippen LogP contribution in [0, 0.1) is 0 Å². The van der Waals surface area contributed by atoms with Gasteiger partial charge in [-0.05, 0) is 18.6 Å². The molecule has 2 aromatic rings. The molecule has 0 aliphatic carbocycles. The molecule has 0 amide bonds. The minimum Gasteiger partial charge on any atom is -0.254 e. The normalized spacial score (nSPS) is 12.7. The summed E-state index contributed by atoms with van der Waals surface area (Å²) in [4.78, 5) is 4.26. The smallest absolute Gasteiger partial charge is 0.166 e. The van der Waals surface area contributed by atoms with Crippen LogP contribution in [-0.4, -0.2) is 15.2 Å². The Kier molecular flexibility index (Phi) is 3.06. The van der Waals surface area contributed by atoms with E-state index in [-0.39, 0.29) is 0 Å². The van der Waals surface area contributed by atoms with Crippen LogP contribution in [-0.2, 0) is 0 Å². The maximum Gasteiger partial charge on any atom is 0.166 e. The molecule has 2 aromatic heterocycles. The predicted molar refractivity (Wildman–Crippen MR) is 61.8 cm³/mol. The Morgan fingerprint density at radius 1 is 1.33 bits per heavy atom. The molecule has 3 nitrogen and oxygen atoms in total. The largest absolute Gasteiger partial charge is 0.254 e. The topological polar surface area (TPSA) is 38.7 Å². The zero-order chi connectivity index (χ0) is 10.7. The molecule has 15 heavy (non-hydrogen) atoms. The summed E-state index contributed by atoms with van der Waals surface area (Å²) in [5.74, 6) is 0.486. The molecular formula is C11H13N3S. The van der Waals surface area contributed by atoms with Crippen LogP contribution in [0.15, 0.2) is 24.4 Å². The molecule has 1 atom stereocenters. The molecule has 0 aliphatic rings. The van der Waals surface area contributed by atoms with Crippen molar-refractivity contribution in [3.63, 3.8) is 0 Å². The van der Waals surface area contributed by atoms with Gasteiger partial charge in [-0.25, -0.2) is 0 Å². The highest BCUT2D eigenvalue weighted by Crippen LogP contribution is 2.27. The molecule has 0 fully saturated rings. The van der Waals surface area contributed by atoms with Crippen LogP contribution in [0.25, 0.3) is 10.7 Å². The lowest BCUT2D eigenvalue weighted by atomic mass is 10.1. The minimum absolute atomic E-state index is 0.486. The van der Waals surface area contributed by atoms with E-state index < -0.39 is 0 Å². The highest BCUT2D eigenvalue weighted by Gasteiger charge is 2.11. The monoisotopic (exact) mass is 219 g/mol. The van der Waals surface area contributed by atoms with Crippen LogP contribution >= 0.6 is 11.3 Å². The van der Waals surface area contributed by atoms with Crippen molar-refractivity contribution >= 4 is 11.3 Å². The van der Waals surface area contributed by atoms with Crippen LogP contribution in [0.5, 0.6) is 0 Å². The van der Waals surface area contributed by atoms with Crippen LogP contribution in [0.3, 0.4) is 0 Å². The van der Waals surface area contributed by atoms with Gasteiger partial charge >= 0.3 is 0 Å². The maximum absolute atomic E-state index is 4.26. The summed E-state index contributed by atoms with van der Waals surface area (Å²) in [5.41, 5.74) is 0.907. The molecule has 0 N–H and O–H groups in total. The molecule has 0 aromatic carbocycles. The summed E-state index contributed by atoms with van der Waals surface area (Å²) in [6, 6.07) is 5.83. The number of hydrogen-bond acceptors (Lipinski definition) is 4. The fourth-order valence-corrected chi connectivity index (χ4v) is 2.16. The molecule has 0 saturated carbocycles. The van der Waals surface area contributed by atoms with E-state index in [2.05, 4.69) is 29.0 Å². The van der Waals surface area contributed by atoms with E-state index in [1.807, 2.05) is 18.2 Å². The number of pyridine rings is 1. The van der Waals surface area contributed by atoms with Gasteiger partial charge in [0.2, 0.25) is 0 Å². The summed E-state index contributed by atoms with van der Waals surface area (Å²) in [6.45, 7) is 4.33. The van der Waals surface area contributed by atoms with Crippen molar-refractivity contribution in [1.29, 1.82) is 0 Å². The predicted octanol–water partition coefficient (Wildman–Crippen LogP) is 3.11. The Morgan fingerprint density at radius 3 is 2.87 bits per heavy atom. The van der Waals surface area contributed by atoms with Crippen molar-refractivity contribution in [3.8, 4) is 10.7 Å². The van der Waals surface area contributed by atoms with Gasteiger partial charge in [0.05, 0.1) is 0 Å². The second-order valence-electron chi connectivity index (χ2n) is 3.47. The summed E-state index contributed by atoms with van der Waals surface area (Å²) < 4.78 is 0. The van der Waals surface area contributed by atoms with E-state index in [9.17, 15) is 0 Å². The molecule has 78 valence electrons. The number of hydrogen-bond donors (Lipinski definition) is 0. The molecule has 0 bridgehead atoms. The Bertz CT molecular complexity index is 424. The average molecular weight is 219 g/mol. The Balaban J connectivity index is 2.28. The third-order valence-electron chi connectivity index (χ3n) is 2.36. The fraction of sp³-hybridized carbons (Fsp3) is 0.364. The molecule has 2 rings (SSSR count). The van der Waals surface area contributed by atoms with Crippen LogP contribution in [0.4, 0.5) is 0 Å². The number of rotatable bonds is 3. The summed E-state index contributed by atoms with van der Waals surface area (Å²) in [7, 11) is 0. The standard InChI is InChI=1S/C11H13N3S/c1-3-8(2)10-13-14-11(15-10)9-6-4-5-7-12-9/h4-8H,3H2,1-2H3/t8-/m0/s1. The first-order chi connectivity index (χ1) is 7.31. The van der Waals surface area contributed by atoms with Gasteiger partial charge in [-0.2, -0.15) is 0 Å². The second-order valence-corrected chi connectivity index (χ2v) is 4.48. The van der Waals surface area contributed by atoms with Crippen molar-refractivity contribution in [2.24, 2.45) is 0 Å². The van der Waals surface area contributed by atoms with Gasteiger partial charge in [0.25, 0.3) is 0 Å². The zero-order valence-corrected chi connectivity index (χ0v) is 9.66. The van der Waals surface area contributed by atoms with Crippen molar-refractivity contribution in [3.05, 3.63) is 29.4 Å². The highest BCUT2D eigenvalue weighted by atomic mass is 32.1. The fourth-order valence-electron chi connectivity index (χ4n) is 1.20. The SMILES string of the molecule is CC[C@H](C)c1nnc(-c2ccccn2)s1. The Morgan fingerprint density at radius 2 is 2.20 bits per heavy atom. The van der Waals surface area contributed by atoms with E-state index >= 15 is 0 Å². The van der Waals surface area contributed by atoms with Gasteiger partial charge in [0, 0.05) is 12.1 Å². The minimum atomic E-state index is 0.486. The molecule has 0 aliphatic heterocycles. The van der Waals surface area contributed by atoms with Crippen LogP contribution < -0.4 is 0 Å². The lowest BCUT2D eigenvalue weighted by molar-refractivity contribution is 0.715. The number of aromatic nitrogens is 3. The lowest BCUT2D eigenvalue weighted by Crippen LogP contribution is -1.88. The zero-order valence-electron chi connectivity index (χ0n) is 8.84. The van der Waals surface area contributed by atoms with Crippen LogP contribution in [0.2, 0.25) is 0 Å². The van der Waals surface area contributed by atoms with Crippen molar-refractivity contribution in [2.45, 2.75) is 26.2 Å². The summed E-state index contributed by atoms with van der Waals surface area (Å²) in [5, 5.41) is 10.4. The van der Waals surface area contributed by atoms with Gasteiger partial charge in [-0.3, -0.25) is 4.98 Å². The molecule has 0 unspecified atom stereocenters. The van der Waals surface area contributed by atoms with Crippen molar-refractivity contribution in [2.75, 3.05) is 0 Å². The van der Waals surface area contributed by atoms with Gasteiger partial charge in [-0.15, -0.1) is 10.2 Å². The lowest BCUT2D eigenvalue weighted by Gasteiger charge is -1.99. The van der Waals surface area contributed by atoms with Crippen molar-refractivity contribution < 1.29 is 0 Å². The third-order valence-corrected chi connectivity index (χ3v) is 3.54. The average Bonchev–Trinajstić information content (AvgIpc) is 2.78.